The molecule has 94 valence electrons. The van der Waals surface area contributed by atoms with Crippen LogP contribution in [0.4, 0.5) is 5.82 Å². The first-order valence-corrected chi connectivity index (χ1v) is 6.34. The van der Waals surface area contributed by atoms with Crippen LogP contribution in [0.5, 0.6) is 0 Å². The third kappa shape index (κ3) is 2.59. The van der Waals surface area contributed by atoms with Gasteiger partial charge < -0.3 is 10.6 Å². The fourth-order valence-corrected chi connectivity index (χ4v) is 2.07. The van der Waals surface area contributed by atoms with Crippen molar-refractivity contribution in [1.29, 1.82) is 0 Å². The van der Waals surface area contributed by atoms with Gasteiger partial charge in [-0.2, -0.15) is 0 Å². The molecule has 18 heavy (non-hydrogen) atoms. The molecule has 0 bridgehead atoms. The molecule has 0 aliphatic carbocycles. The predicted molar refractivity (Wildman–Crippen MR) is 81.0 cm³/mol. The number of fused-ring (bicyclic) bond motifs is 1. The number of hydrogen-bond donors (Lipinski definition) is 1. The fraction of sp³-hybridized carbons (Fsp3) is 0.286. The number of aromatic nitrogens is 1. The number of hydrogen-bond acceptors (Lipinski definition) is 3. The average molecular weight is 259 g/mol. The van der Waals surface area contributed by atoms with Gasteiger partial charge in [-0.1, -0.05) is 43.4 Å². The summed E-state index contributed by atoms with van der Waals surface area (Å²) in [5.74, 6) is 1.14. The quantitative estimate of drug-likeness (QED) is 0.857. The van der Waals surface area contributed by atoms with Gasteiger partial charge in [0.25, 0.3) is 0 Å². The molecule has 0 saturated heterocycles. The highest BCUT2D eigenvalue weighted by Crippen LogP contribution is 2.23. The van der Waals surface area contributed by atoms with Gasteiger partial charge in [0, 0.05) is 31.1 Å². The normalized spacial score (nSPS) is 12.3. The molecule has 1 unspecified atom stereocenters. The van der Waals surface area contributed by atoms with Crippen LogP contribution < -0.4 is 10.6 Å². The standard InChI is InChI=1S/C14H17N3S/c1-10(13(15)18)9-17(2)14-12-6-4-3-5-11(12)7-8-16-14/h3-8,10H,9H2,1-2H3,(H2,15,18). The Morgan fingerprint density at radius 1 is 1.39 bits per heavy atom. The lowest BCUT2D eigenvalue weighted by Gasteiger charge is -2.23. The highest BCUT2D eigenvalue weighted by Gasteiger charge is 2.12. The topological polar surface area (TPSA) is 42.2 Å². The Morgan fingerprint density at radius 3 is 2.83 bits per heavy atom. The summed E-state index contributed by atoms with van der Waals surface area (Å²) in [5.41, 5.74) is 5.66. The third-order valence-corrected chi connectivity index (χ3v) is 3.45. The number of pyridine rings is 1. The van der Waals surface area contributed by atoms with E-state index in [1.165, 1.54) is 5.39 Å². The second-order valence-corrected chi connectivity index (χ2v) is 5.01. The van der Waals surface area contributed by atoms with Gasteiger partial charge in [-0.25, -0.2) is 4.98 Å². The van der Waals surface area contributed by atoms with Crippen molar-refractivity contribution in [2.75, 3.05) is 18.5 Å². The van der Waals surface area contributed by atoms with Crippen LogP contribution in [0.3, 0.4) is 0 Å². The molecule has 3 nitrogen and oxygen atoms in total. The minimum atomic E-state index is 0.172. The Hall–Kier alpha value is -1.68. The molecular formula is C14H17N3S. The van der Waals surface area contributed by atoms with Crippen LogP contribution in [0.1, 0.15) is 6.92 Å². The van der Waals surface area contributed by atoms with Crippen molar-refractivity contribution in [3.05, 3.63) is 36.5 Å². The molecule has 0 fully saturated rings. The molecule has 2 N–H and O–H groups in total. The van der Waals surface area contributed by atoms with Crippen LogP contribution in [0.25, 0.3) is 10.8 Å². The zero-order chi connectivity index (χ0) is 13.1. The second kappa shape index (κ2) is 5.31. The maximum Gasteiger partial charge on any atom is 0.136 e. The molecule has 0 aliphatic heterocycles. The lowest BCUT2D eigenvalue weighted by molar-refractivity contribution is 0.737. The minimum Gasteiger partial charge on any atom is -0.393 e. The Balaban J connectivity index is 2.33. The van der Waals surface area contributed by atoms with Gasteiger partial charge in [0.15, 0.2) is 0 Å². The Kier molecular flexibility index (Phi) is 3.77. The molecule has 4 heteroatoms. The first kappa shape index (κ1) is 12.8. The van der Waals surface area contributed by atoms with Crippen LogP contribution >= 0.6 is 12.2 Å². The molecule has 0 saturated carbocycles. The summed E-state index contributed by atoms with van der Waals surface area (Å²) < 4.78 is 0. The van der Waals surface area contributed by atoms with Crippen LogP contribution in [0.2, 0.25) is 0 Å². The lowest BCUT2D eigenvalue weighted by Crippen LogP contribution is -2.31. The van der Waals surface area contributed by atoms with Crippen LogP contribution in [-0.2, 0) is 0 Å². The van der Waals surface area contributed by atoms with E-state index in [1.807, 2.05) is 38.4 Å². The van der Waals surface area contributed by atoms with Crippen molar-refractivity contribution in [1.82, 2.24) is 4.98 Å². The number of thiocarbonyl (C=S) groups is 1. The van der Waals surface area contributed by atoms with Crippen molar-refractivity contribution >= 4 is 33.8 Å². The Bertz CT molecular complexity index is 562. The van der Waals surface area contributed by atoms with Crippen LogP contribution in [-0.4, -0.2) is 23.6 Å². The van der Waals surface area contributed by atoms with Gasteiger partial charge >= 0.3 is 0 Å². The zero-order valence-corrected chi connectivity index (χ0v) is 11.4. The molecular weight excluding hydrogens is 242 g/mol. The summed E-state index contributed by atoms with van der Waals surface area (Å²) in [7, 11) is 2.02. The van der Waals surface area contributed by atoms with E-state index < -0.39 is 0 Å². The summed E-state index contributed by atoms with van der Waals surface area (Å²) in [6.45, 7) is 2.81. The third-order valence-electron chi connectivity index (χ3n) is 3.05. The molecule has 0 radical (unpaired) electrons. The van der Waals surface area contributed by atoms with Crippen LogP contribution in [0.15, 0.2) is 36.5 Å². The Labute approximate surface area is 113 Å². The lowest BCUT2D eigenvalue weighted by atomic mass is 10.1. The first-order chi connectivity index (χ1) is 8.59. The largest absolute Gasteiger partial charge is 0.393 e. The summed E-state index contributed by atoms with van der Waals surface area (Å²) in [5, 5.41) is 2.34. The number of rotatable bonds is 4. The van der Waals surface area contributed by atoms with Crippen molar-refractivity contribution in [3.8, 4) is 0 Å². The highest BCUT2D eigenvalue weighted by atomic mass is 32.1. The molecule has 2 rings (SSSR count). The maximum absolute atomic E-state index is 5.66. The number of benzene rings is 1. The molecule has 0 spiro atoms. The van der Waals surface area contributed by atoms with Crippen molar-refractivity contribution < 1.29 is 0 Å². The highest BCUT2D eigenvalue weighted by molar-refractivity contribution is 7.80. The van der Waals surface area contributed by atoms with Crippen molar-refractivity contribution in [2.45, 2.75) is 6.92 Å². The van der Waals surface area contributed by atoms with E-state index in [9.17, 15) is 0 Å². The Morgan fingerprint density at radius 2 is 2.11 bits per heavy atom. The number of anilines is 1. The summed E-state index contributed by atoms with van der Waals surface area (Å²) in [4.78, 5) is 7.11. The summed E-state index contributed by atoms with van der Waals surface area (Å²) in [6.07, 6.45) is 1.83. The molecule has 1 aromatic heterocycles. The van der Waals surface area contributed by atoms with Crippen LogP contribution in [0, 0.1) is 5.92 Å². The zero-order valence-electron chi connectivity index (χ0n) is 10.6. The smallest absolute Gasteiger partial charge is 0.136 e. The molecule has 0 aliphatic rings. The fourth-order valence-electron chi connectivity index (χ4n) is 2.00. The van der Waals surface area contributed by atoms with Crippen molar-refractivity contribution in [3.63, 3.8) is 0 Å². The van der Waals surface area contributed by atoms with E-state index in [1.54, 1.807) is 0 Å². The summed E-state index contributed by atoms with van der Waals surface area (Å²) in [6, 6.07) is 10.2. The van der Waals surface area contributed by atoms with E-state index in [4.69, 9.17) is 18.0 Å². The van der Waals surface area contributed by atoms with Gasteiger partial charge in [0.05, 0.1) is 4.99 Å². The molecule has 1 heterocycles. The monoisotopic (exact) mass is 259 g/mol. The second-order valence-electron chi connectivity index (χ2n) is 4.54. The van der Waals surface area contributed by atoms with Gasteiger partial charge in [-0.3, -0.25) is 0 Å². The average Bonchev–Trinajstić information content (AvgIpc) is 2.37. The van der Waals surface area contributed by atoms with Gasteiger partial charge in [0.2, 0.25) is 0 Å². The number of nitrogens with two attached hydrogens (primary N) is 1. The predicted octanol–water partition coefficient (Wildman–Crippen LogP) is 2.59. The van der Waals surface area contributed by atoms with E-state index in [0.717, 1.165) is 17.7 Å². The molecule has 1 atom stereocenters. The summed E-state index contributed by atoms with van der Waals surface area (Å²) >= 11 is 5.01. The van der Waals surface area contributed by atoms with Gasteiger partial charge in [-0.05, 0) is 11.5 Å². The molecule has 1 aromatic carbocycles. The van der Waals surface area contributed by atoms with Gasteiger partial charge in [0.1, 0.15) is 5.82 Å². The van der Waals surface area contributed by atoms with Gasteiger partial charge in [-0.15, -0.1) is 0 Å². The van der Waals surface area contributed by atoms with E-state index in [0.29, 0.717) is 4.99 Å². The van der Waals surface area contributed by atoms with E-state index >= 15 is 0 Å². The minimum absolute atomic E-state index is 0.172. The van der Waals surface area contributed by atoms with E-state index in [2.05, 4.69) is 22.0 Å². The molecule has 2 aromatic rings. The molecule has 0 amide bonds. The number of nitrogens with zero attached hydrogens (tertiary/aromatic N) is 2. The SMILES string of the molecule is CC(CN(C)c1nccc2ccccc12)C(N)=S. The maximum atomic E-state index is 5.66. The first-order valence-electron chi connectivity index (χ1n) is 5.94. The van der Waals surface area contributed by atoms with Crippen molar-refractivity contribution in [2.24, 2.45) is 11.7 Å². The van der Waals surface area contributed by atoms with E-state index in [-0.39, 0.29) is 5.92 Å².